The van der Waals surface area contributed by atoms with E-state index in [9.17, 15) is 19.2 Å². The number of nitriles is 2. The van der Waals surface area contributed by atoms with Crippen molar-refractivity contribution in [2.75, 3.05) is 78.5 Å². The van der Waals surface area contributed by atoms with E-state index in [2.05, 4.69) is 45.5 Å². The van der Waals surface area contributed by atoms with Crippen LogP contribution in [0.25, 0.3) is 0 Å². The van der Waals surface area contributed by atoms with Gasteiger partial charge in [-0.2, -0.15) is 10.5 Å². The first-order valence-electron chi connectivity index (χ1n) is 22.9. The number of aldehydes is 1. The van der Waals surface area contributed by atoms with E-state index in [0.29, 0.717) is 36.3 Å². The van der Waals surface area contributed by atoms with Gasteiger partial charge in [-0.1, -0.05) is 48.5 Å². The van der Waals surface area contributed by atoms with Crippen molar-refractivity contribution in [1.82, 2.24) is 29.8 Å². The molecule has 3 fully saturated rings. The summed E-state index contributed by atoms with van der Waals surface area (Å²) in [7, 11) is 0. The fraction of sp³-hybridized carbons (Fsp3) is 0.529. The number of ether oxygens (including phenoxy) is 3. The van der Waals surface area contributed by atoms with Crippen molar-refractivity contribution >= 4 is 24.6 Å². The molecule has 3 saturated heterocycles. The molecule has 364 valence electrons. The summed E-state index contributed by atoms with van der Waals surface area (Å²) in [6.07, 6.45) is 0.111. The molecule has 16 nitrogen and oxygen atoms in total. The van der Waals surface area contributed by atoms with Gasteiger partial charge in [0.25, 0.3) is 0 Å². The lowest BCUT2D eigenvalue weighted by Gasteiger charge is -2.35. The van der Waals surface area contributed by atoms with Crippen molar-refractivity contribution in [3.05, 3.63) is 106 Å². The second kappa shape index (κ2) is 26.9. The Morgan fingerprint density at radius 1 is 0.537 bits per heavy atom. The second-order valence-corrected chi connectivity index (χ2v) is 19.4. The van der Waals surface area contributed by atoms with Gasteiger partial charge in [-0.25, -0.2) is 14.4 Å². The van der Waals surface area contributed by atoms with Crippen molar-refractivity contribution < 1.29 is 33.4 Å². The van der Waals surface area contributed by atoms with Crippen LogP contribution in [0.1, 0.15) is 100 Å². The molecule has 0 aliphatic carbocycles. The van der Waals surface area contributed by atoms with Crippen LogP contribution in [-0.2, 0) is 33.8 Å². The van der Waals surface area contributed by atoms with Gasteiger partial charge in [-0.3, -0.25) is 14.6 Å². The lowest BCUT2D eigenvalue weighted by molar-refractivity contribution is 0.0129. The molecular formula is C51H73N9O7. The average molecular weight is 924 g/mol. The molecule has 0 unspecified atom stereocenters. The van der Waals surface area contributed by atoms with Crippen molar-refractivity contribution in [2.45, 2.75) is 98.8 Å². The predicted octanol–water partition coefficient (Wildman–Crippen LogP) is 7.01. The highest BCUT2D eigenvalue weighted by Crippen LogP contribution is 2.16. The maximum atomic E-state index is 12.0. The number of benzene rings is 3. The molecular weight excluding hydrogens is 851 g/mol. The zero-order chi connectivity index (χ0) is 49.6. The average Bonchev–Trinajstić information content (AvgIpc) is 3.29. The van der Waals surface area contributed by atoms with Crippen molar-refractivity contribution in [1.29, 1.82) is 10.5 Å². The van der Waals surface area contributed by atoms with Crippen molar-refractivity contribution in [3.8, 4) is 12.1 Å². The number of nitrogens with one attached hydrogen (secondary N) is 1. The smallest absolute Gasteiger partial charge is 0.410 e. The lowest BCUT2D eigenvalue weighted by Crippen LogP contribution is -2.49. The molecule has 0 atom stereocenters. The molecule has 6 rings (SSSR count). The molecule has 3 aromatic carbocycles. The molecule has 67 heavy (non-hydrogen) atoms. The van der Waals surface area contributed by atoms with E-state index in [1.165, 1.54) is 11.1 Å². The zero-order valence-electron chi connectivity index (χ0n) is 41.2. The second-order valence-electron chi connectivity index (χ2n) is 19.4. The predicted molar refractivity (Wildman–Crippen MR) is 259 cm³/mol. The van der Waals surface area contributed by atoms with Crippen LogP contribution < -0.4 is 11.1 Å². The fourth-order valence-electron chi connectivity index (χ4n) is 6.62. The van der Waals surface area contributed by atoms with Gasteiger partial charge in [0.1, 0.15) is 23.1 Å². The monoisotopic (exact) mass is 924 g/mol. The van der Waals surface area contributed by atoms with E-state index < -0.39 is 11.2 Å². The summed E-state index contributed by atoms with van der Waals surface area (Å²) in [6.45, 7) is 28.7. The summed E-state index contributed by atoms with van der Waals surface area (Å²) in [5, 5.41) is 20.3. The molecule has 3 N–H and O–H groups in total. The van der Waals surface area contributed by atoms with Gasteiger partial charge in [0.15, 0.2) is 0 Å². The van der Waals surface area contributed by atoms with Crippen LogP contribution in [0.15, 0.2) is 72.8 Å². The molecule has 0 aromatic heterocycles. The van der Waals surface area contributed by atoms with E-state index in [1.807, 2.05) is 92.6 Å². The minimum absolute atomic E-state index is 0.200. The van der Waals surface area contributed by atoms with Crippen LogP contribution >= 0.6 is 0 Å². The molecule has 3 aliphatic heterocycles. The van der Waals surface area contributed by atoms with Gasteiger partial charge in [0, 0.05) is 104 Å². The molecule has 0 spiro atoms. The number of piperazine rings is 3. The third-order valence-corrected chi connectivity index (χ3v) is 10.1. The Morgan fingerprint density at radius 2 is 0.851 bits per heavy atom. The summed E-state index contributed by atoms with van der Waals surface area (Å²) < 4.78 is 16.0. The number of carbonyl (C=O) groups is 4. The van der Waals surface area contributed by atoms with Crippen LogP contribution in [-0.4, -0.2) is 144 Å². The highest BCUT2D eigenvalue weighted by molar-refractivity contribution is 5.74. The van der Waals surface area contributed by atoms with Crippen molar-refractivity contribution in [2.24, 2.45) is 5.73 Å². The SMILES string of the molecule is CC(C)(C)OC(=O)N1CCN(Cc2ccc(C#N)cc2)CC1.CC(C)(C)OC(=O)N1CCN(Cc2ccc(CN)cc2)CC1.CC(C)(C)OC(=O)N1CCNCC1.N#Cc1ccc(C=O)cc1. The van der Waals surface area contributed by atoms with Crippen LogP contribution in [0.2, 0.25) is 0 Å². The summed E-state index contributed by atoms with van der Waals surface area (Å²) in [6, 6.07) is 26.6. The Balaban J connectivity index is 0.000000248. The first-order valence-corrected chi connectivity index (χ1v) is 22.9. The molecule has 0 radical (unpaired) electrons. The first kappa shape index (κ1) is 55.3. The third-order valence-electron chi connectivity index (χ3n) is 10.1. The van der Waals surface area contributed by atoms with Crippen molar-refractivity contribution in [3.63, 3.8) is 0 Å². The Kier molecular flexibility index (Phi) is 22.2. The van der Waals surface area contributed by atoms with Gasteiger partial charge in [-0.05, 0) is 103 Å². The summed E-state index contributed by atoms with van der Waals surface area (Å²) >= 11 is 0. The van der Waals surface area contributed by atoms with Crippen LogP contribution in [0, 0.1) is 22.7 Å². The Morgan fingerprint density at radius 3 is 1.16 bits per heavy atom. The van der Waals surface area contributed by atoms with E-state index in [-0.39, 0.29) is 23.9 Å². The lowest BCUT2D eigenvalue weighted by atomic mass is 10.1. The van der Waals surface area contributed by atoms with E-state index in [0.717, 1.165) is 90.4 Å². The molecule has 3 aromatic rings. The molecule has 0 saturated carbocycles. The van der Waals surface area contributed by atoms with Gasteiger partial charge in [0.05, 0.1) is 23.3 Å². The maximum absolute atomic E-state index is 12.0. The minimum atomic E-state index is -0.448. The minimum Gasteiger partial charge on any atom is -0.444 e. The van der Waals surface area contributed by atoms with E-state index >= 15 is 0 Å². The normalized spacial score (nSPS) is 15.6. The Hall–Kier alpha value is -6.04. The van der Waals surface area contributed by atoms with Gasteiger partial charge in [-0.15, -0.1) is 0 Å². The summed E-state index contributed by atoms with van der Waals surface area (Å²) in [4.78, 5) is 55.6. The number of nitrogens with zero attached hydrogens (tertiary/aromatic N) is 7. The van der Waals surface area contributed by atoms with Crippen LogP contribution in [0.3, 0.4) is 0 Å². The maximum Gasteiger partial charge on any atom is 0.410 e. The number of rotatable bonds is 6. The number of hydrogen-bond donors (Lipinski definition) is 2. The third kappa shape index (κ3) is 22.3. The van der Waals surface area contributed by atoms with Gasteiger partial charge >= 0.3 is 18.3 Å². The van der Waals surface area contributed by atoms with E-state index in [1.54, 1.807) is 39.0 Å². The fourth-order valence-corrected chi connectivity index (χ4v) is 6.62. The molecule has 3 heterocycles. The first-order chi connectivity index (χ1) is 31.6. The Bertz CT molecular complexity index is 2060. The highest BCUT2D eigenvalue weighted by Gasteiger charge is 2.27. The summed E-state index contributed by atoms with van der Waals surface area (Å²) in [5.74, 6) is 0. The Labute approximate surface area is 398 Å². The molecule has 16 heteroatoms. The van der Waals surface area contributed by atoms with Gasteiger partial charge in [0.2, 0.25) is 0 Å². The highest BCUT2D eigenvalue weighted by atomic mass is 16.6. The number of carbonyl (C=O) groups excluding carboxylic acids is 4. The quantitative estimate of drug-likeness (QED) is 0.189. The summed E-state index contributed by atoms with van der Waals surface area (Å²) in [5.41, 5.74) is 9.81. The van der Waals surface area contributed by atoms with E-state index in [4.69, 9.17) is 30.5 Å². The molecule has 0 bridgehead atoms. The van der Waals surface area contributed by atoms with Gasteiger partial charge < -0.3 is 40.0 Å². The molecule has 3 amide bonds. The van der Waals surface area contributed by atoms with Crippen LogP contribution in [0.5, 0.6) is 0 Å². The number of hydrogen-bond acceptors (Lipinski definition) is 13. The van der Waals surface area contributed by atoms with Crippen LogP contribution in [0.4, 0.5) is 14.4 Å². The standard InChI is InChI=1S/C17H27N3O2.C17H23N3O2.C9H18N2O2.C8H5NO/c2*1-17(2,3)22-16(21)20-10-8-19(9-11-20)13-15-6-4-14(12-18)5-7-15;1-9(2,3)13-8(12)11-6-4-10-5-7-11;9-5-7-1-3-8(6-10)4-2-7/h4-7H,8-13,18H2,1-3H3;4-7H,8-11,13H2,1-3H3;10H,4-7H2,1-3H3;1-4,6H. The topological polar surface area (TPSA) is 198 Å². The molecule has 3 aliphatic rings. The largest absolute Gasteiger partial charge is 0.444 e. The number of amides is 3. The zero-order valence-corrected chi connectivity index (χ0v) is 41.2. The number of nitrogens with two attached hydrogens (primary N) is 1.